The lowest BCUT2D eigenvalue weighted by Crippen LogP contribution is -2.55. The molecular formula is C15H23N5O. The second-order valence-corrected chi connectivity index (χ2v) is 6.10. The summed E-state index contributed by atoms with van der Waals surface area (Å²) in [5.74, 6) is 5.72. The zero-order valence-electron chi connectivity index (χ0n) is 12.4. The van der Waals surface area contributed by atoms with Crippen molar-refractivity contribution in [2.75, 3.05) is 12.5 Å². The Hall–Kier alpha value is -1.66. The third kappa shape index (κ3) is 3.01. The van der Waals surface area contributed by atoms with Crippen molar-refractivity contribution in [2.24, 2.45) is 5.84 Å². The predicted molar refractivity (Wildman–Crippen MR) is 81.7 cm³/mol. The van der Waals surface area contributed by atoms with Crippen LogP contribution in [-0.4, -0.2) is 41.0 Å². The topological polar surface area (TPSA) is 83.3 Å². The average molecular weight is 289 g/mol. The largest absolute Gasteiger partial charge is 0.348 e. The Labute approximate surface area is 125 Å². The molecule has 0 spiro atoms. The predicted octanol–water partition coefficient (Wildman–Crippen LogP) is 1.11. The van der Waals surface area contributed by atoms with Crippen LogP contribution in [0.1, 0.15) is 42.6 Å². The van der Waals surface area contributed by atoms with E-state index in [-0.39, 0.29) is 11.9 Å². The fraction of sp³-hybridized carbons (Fsp3) is 0.600. The first-order valence-electron chi connectivity index (χ1n) is 7.64. The van der Waals surface area contributed by atoms with Gasteiger partial charge >= 0.3 is 0 Å². The van der Waals surface area contributed by atoms with Crippen molar-refractivity contribution in [2.45, 2.75) is 50.2 Å². The van der Waals surface area contributed by atoms with E-state index < -0.39 is 0 Å². The van der Waals surface area contributed by atoms with E-state index in [9.17, 15) is 4.79 Å². The highest BCUT2D eigenvalue weighted by Gasteiger charge is 2.36. The van der Waals surface area contributed by atoms with E-state index in [2.05, 4.69) is 27.7 Å². The lowest BCUT2D eigenvalue weighted by Gasteiger charge is -2.47. The van der Waals surface area contributed by atoms with Crippen molar-refractivity contribution >= 4 is 11.7 Å². The second-order valence-electron chi connectivity index (χ2n) is 6.10. The van der Waals surface area contributed by atoms with Crippen LogP contribution in [0.5, 0.6) is 0 Å². The number of rotatable bonds is 3. The van der Waals surface area contributed by atoms with Crippen LogP contribution in [0, 0.1) is 0 Å². The fourth-order valence-electron chi connectivity index (χ4n) is 3.63. The minimum atomic E-state index is -0.111. The molecule has 4 N–H and O–H groups in total. The van der Waals surface area contributed by atoms with Gasteiger partial charge in [0, 0.05) is 18.1 Å². The summed E-state index contributed by atoms with van der Waals surface area (Å²) >= 11 is 0. The number of piperidine rings is 2. The van der Waals surface area contributed by atoms with Crippen LogP contribution in [0.3, 0.4) is 0 Å². The molecule has 0 radical (unpaired) electrons. The summed E-state index contributed by atoms with van der Waals surface area (Å²) in [6.07, 6.45) is 5.86. The van der Waals surface area contributed by atoms with Gasteiger partial charge in [-0.1, -0.05) is 12.5 Å². The molecule has 21 heavy (non-hydrogen) atoms. The summed E-state index contributed by atoms with van der Waals surface area (Å²) in [6, 6.07) is 6.68. The third-order valence-electron chi connectivity index (χ3n) is 4.80. The maximum atomic E-state index is 12.3. The molecule has 2 aliphatic heterocycles. The maximum absolute atomic E-state index is 12.3. The molecule has 2 fully saturated rings. The van der Waals surface area contributed by atoms with Crippen LogP contribution < -0.4 is 16.6 Å². The van der Waals surface area contributed by atoms with E-state index in [1.807, 2.05) is 0 Å². The van der Waals surface area contributed by atoms with Crippen molar-refractivity contribution < 1.29 is 4.79 Å². The molecule has 0 aromatic carbocycles. The number of hydrogen-bond acceptors (Lipinski definition) is 5. The van der Waals surface area contributed by atoms with Gasteiger partial charge in [-0.15, -0.1) is 0 Å². The molecule has 6 heteroatoms. The van der Waals surface area contributed by atoms with Crippen molar-refractivity contribution in [3.63, 3.8) is 0 Å². The van der Waals surface area contributed by atoms with Crippen molar-refractivity contribution in [3.8, 4) is 0 Å². The highest BCUT2D eigenvalue weighted by atomic mass is 16.1. The third-order valence-corrected chi connectivity index (χ3v) is 4.80. The van der Waals surface area contributed by atoms with Gasteiger partial charge in [0.05, 0.1) is 0 Å². The Morgan fingerprint density at radius 2 is 2.05 bits per heavy atom. The van der Waals surface area contributed by atoms with Gasteiger partial charge in [0.25, 0.3) is 5.91 Å². The number of nitrogen functional groups attached to an aromatic ring is 1. The Bertz CT molecular complexity index is 507. The molecule has 3 heterocycles. The van der Waals surface area contributed by atoms with Crippen LogP contribution in [0.4, 0.5) is 5.82 Å². The van der Waals surface area contributed by atoms with Crippen LogP contribution in [0.15, 0.2) is 18.2 Å². The van der Waals surface area contributed by atoms with E-state index in [1.54, 1.807) is 18.2 Å². The molecule has 0 aliphatic carbocycles. The van der Waals surface area contributed by atoms with Crippen molar-refractivity contribution in [1.82, 2.24) is 15.2 Å². The molecule has 3 rings (SSSR count). The Balaban J connectivity index is 1.65. The quantitative estimate of drug-likeness (QED) is 0.573. The molecule has 1 aromatic rings. The summed E-state index contributed by atoms with van der Waals surface area (Å²) in [6.45, 7) is 0. The molecule has 6 nitrogen and oxygen atoms in total. The first-order chi connectivity index (χ1) is 10.2. The minimum absolute atomic E-state index is 0.111. The van der Waals surface area contributed by atoms with Crippen LogP contribution >= 0.6 is 0 Å². The number of hydrazine groups is 1. The number of hydrogen-bond donors (Lipinski definition) is 3. The summed E-state index contributed by atoms with van der Waals surface area (Å²) in [4.78, 5) is 19.0. The number of nitrogens with two attached hydrogens (primary N) is 1. The number of aromatic nitrogens is 1. The molecule has 0 saturated carbocycles. The van der Waals surface area contributed by atoms with Crippen LogP contribution in [0.25, 0.3) is 0 Å². The monoisotopic (exact) mass is 289 g/mol. The summed E-state index contributed by atoms with van der Waals surface area (Å²) in [7, 11) is 2.21. The molecule has 2 bridgehead atoms. The van der Waals surface area contributed by atoms with Gasteiger partial charge in [0.15, 0.2) is 0 Å². The standard InChI is InChI=1S/C15H23N5O/c1-20-11-4-2-5-12(20)9-10(8-11)17-15(21)13-6-3-7-14(18-13)19-16/h3,6-7,10-12H,2,4-5,8-9,16H2,1H3,(H,17,21)(H,18,19). The summed E-state index contributed by atoms with van der Waals surface area (Å²) in [5, 5.41) is 3.14. The van der Waals surface area contributed by atoms with E-state index in [4.69, 9.17) is 5.84 Å². The molecule has 2 aliphatic rings. The lowest BCUT2D eigenvalue weighted by atomic mass is 9.82. The van der Waals surface area contributed by atoms with E-state index >= 15 is 0 Å². The van der Waals surface area contributed by atoms with Gasteiger partial charge in [-0.25, -0.2) is 10.8 Å². The SMILES string of the molecule is CN1C2CCCC1CC(NC(=O)c1cccc(NN)n1)C2. The second kappa shape index (κ2) is 5.99. The molecule has 2 saturated heterocycles. The summed E-state index contributed by atoms with van der Waals surface area (Å²) in [5.41, 5.74) is 2.88. The van der Waals surface area contributed by atoms with Crippen LogP contribution in [0.2, 0.25) is 0 Å². The first kappa shape index (κ1) is 14.3. The highest BCUT2D eigenvalue weighted by Crippen LogP contribution is 2.32. The minimum Gasteiger partial charge on any atom is -0.348 e. The smallest absolute Gasteiger partial charge is 0.270 e. The van der Waals surface area contributed by atoms with Crippen LogP contribution in [-0.2, 0) is 0 Å². The van der Waals surface area contributed by atoms with Gasteiger partial charge in [-0.2, -0.15) is 0 Å². The Morgan fingerprint density at radius 3 is 2.71 bits per heavy atom. The first-order valence-corrected chi connectivity index (χ1v) is 7.64. The average Bonchev–Trinajstić information content (AvgIpc) is 2.48. The number of carbonyl (C=O) groups excluding carboxylic acids is 1. The molecule has 2 atom stereocenters. The van der Waals surface area contributed by atoms with Gasteiger partial charge in [-0.3, -0.25) is 4.79 Å². The lowest BCUT2D eigenvalue weighted by molar-refractivity contribution is 0.0462. The van der Waals surface area contributed by atoms with Gasteiger partial charge in [-0.05, 0) is 44.9 Å². The molecule has 1 aromatic heterocycles. The van der Waals surface area contributed by atoms with Gasteiger partial charge < -0.3 is 15.6 Å². The number of pyridine rings is 1. The summed E-state index contributed by atoms with van der Waals surface area (Å²) < 4.78 is 0. The van der Waals surface area contributed by atoms with E-state index in [0.29, 0.717) is 23.6 Å². The number of nitrogens with one attached hydrogen (secondary N) is 2. The number of nitrogens with zero attached hydrogens (tertiary/aromatic N) is 2. The normalized spacial score (nSPS) is 29.0. The fourth-order valence-corrected chi connectivity index (χ4v) is 3.63. The van der Waals surface area contributed by atoms with Crippen molar-refractivity contribution in [3.05, 3.63) is 23.9 Å². The Kier molecular flexibility index (Phi) is 4.07. The van der Waals surface area contributed by atoms with Crippen molar-refractivity contribution in [1.29, 1.82) is 0 Å². The highest BCUT2D eigenvalue weighted by molar-refractivity contribution is 5.92. The number of carbonyl (C=O) groups is 1. The molecule has 2 unspecified atom stereocenters. The number of fused-ring (bicyclic) bond motifs is 2. The zero-order chi connectivity index (χ0) is 14.8. The molecule has 1 amide bonds. The zero-order valence-corrected chi connectivity index (χ0v) is 12.4. The number of anilines is 1. The van der Waals surface area contributed by atoms with Gasteiger partial charge in [0.2, 0.25) is 0 Å². The molecule has 114 valence electrons. The number of amides is 1. The Morgan fingerprint density at radius 1 is 1.33 bits per heavy atom. The molecular weight excluding hydrogens is 266 g/mol. The van der Waals surface area contributed by atoms with E-state index in [0.717, 1.165) is 12.8 Å². The maximum Gasteiger partial charge on any atom is 0.270 e. The van der Waals surface area contributed by atoms with E-state index in [1.165, 1.54) is 19.3 Å². The van der Waals surface area contributed by atoms with Gasteiger partial charge in [0.1, 0.15) is 11.5 Å².